The third-order valence-corrected chi connectivity index (χ3v) is 7.38. The Bertz CT molecular complexity index is 956. The van der Waals surface area contributed by atoms with E-state index < -0.39 is 5.41 Å². The smallest absolute Gasteiger partial charge is 0.229 e. The molecule has 1 amide bonds. The number of carbonyl (C=O) groups excluding carboxylic acids is 1. The number of hydrogen-bond donors (Lipinski definition) is 1. The predicted octanol–water partition coefficient (Wildman–Crippen LogP) is 6.40. The fourth-order valence-corrected chi connectivity index (χ4v) is 5.52. The van der Waals surface area contributed by atoms with E-state index in [4.69, 9.17) is 23.2 Å². The van der Waals surface area contributed by atoms with E-state index >= 15 is 0 Å². The third kappa shape index (κ3) is 4.41. The SMILES string of the molecule is C=CCC1(C)CC(c2cccc(Cl)c2)C(c2ccc(Cl)cc2)N([C@H](CO)C2CC2)C1=O. The lowest BCUT2D eigenvalue weighted by Gasteiger charge is -2.52. The summed E-state index contributed by atoms with van der Waals surface area (Å²) in [5, 5.41) is 11.7. The van der Waals surface area contributed by atoms with E-state index in [0.717, 1.165) is 24.0 Å². The minimum Gasteiger partial charge on any atom is -0.394 e. The zero-order chi connectivity index (χ0) is 22.2. The Morgan fingerprint density at radius 1 is 1.16 bits per heavy atom. The van der Waals surface area contributed by atoms with E-state index in [2.05, 4.69) is 12.6 Å². The van der Waals surface area contributed by atoms with Crippen molar-refractivity contribution in [1.82, 2.24) is 4.90 Å². The molecule has 4 atom stereocenters. The van der Waals surface area contributed by atoms with Gasteiger partial charge in [-0.15, -0.1) is 6.58 Å². The number of piperidine rings is 1. The number of benzene rings is 2. The Balaban J connectivity index is 1.89. The summed E-state index contributed by atoms with van der Waals surface area (Å²) >= 11 is 12.5. The van der Waals surface area contributed by atoms with Crippen molar-refractivity contribution in [1.29, 1.82) is 0 Å². The summed E-state index contributed by atoms with van der Waals surface area (Å²) in [5.41, 5.74) is 1.55. The highest BCUT2D eigenvalue weighted by Crippen LogP contribution is 2.53. The number of allylic oxidation sites excluding steroid dienone is 1. The second-order valence-electron chi connectivity index (χ2n) is 9.22. The van der Waals surface area contributed by atoms with Gasteiger partial charge in [-0.25, -0.2) is 0 Å². The lowest BCUT2D eigenvalue weighted by molar-refractivity contribution is -0.156. The molecule has 31 heavy (non-hydrogen) atoms. The molecule has 1 aliphatic carbocycles. The Hall–Kier alpha value is -1.81. The van der Waals surface area contributed by atoms with Crippen LogP contribution < -0.4 is 0 Å². The quantitative estimate of drug-likeness (QED) is 0.488. The molecular formula is C26H29Cl2NO2. The average Bonchev–Trinajstić information content (AvgIpc) is 3.58. The standard InChI is InChI=1S/C26H29Cl2NO2/c1-3-13-26(2)15-22(19-5-4-6-21(28)14-19)24(18-9-11-20(27)12-10-18)29(25(26)31)23(16-30)17-7-8-17/h3-6,9-12,14,17,22-24,30H,1,7-8,13,15-16H2,2H3/t22?,23-,24?,26?/m1/s1. The van der Waals surface area contributed by atoms with Gasteiger partial charge in [0.2, 0.25) is 5.91 Å². The molecule has 2 aliphatic rings. The van der Waals surface area contributed by atoms with E-state index in [1.165, 1.54) is 0 Å². The monoisotopic (exact) mass is 457 g/mol. The van der Waals surface area contributed by atoms with Gasteiger partial charge in [-0.2, -0.15) is 0 Å². The molecule has 1 saturated heterocycles. The van der Waals surface area contributed by atoms with Crippen molar-refractivity contribution in [3.05, 3.63) is 82.4 Å². The summed E-state index contributed by atoms with van der Waals surface area (Å²) in [6.07, 6.45) is 5.20. The summed E-state index contributed by atoms with van der Waals surface area (Å²) in [7, 11) is 0. The molecule has 2 fully saturated rings. The molecule has 3 unspecified atom stereocenters. The maximum atomic E-state index is 14.0. The van der Waals surface area contributed by atoms with Crippen LogP contribution in [0.3, 0.4) is 0 Å². The Morgan fingerprint density at radius 2 is 1.87 bits per heavy atom. The van der Waals surface area contributed by atoms with Crippen LogP contribution >= 0.6 is 23.2 Å². The van der Waals surface area contributed by atoms with Gasteiger partial charge in [-0.1, -0.05) is 60.5 Å². The summed E-state index contributed by atoms with van der Waals surface area (Å²) < 4.78 is 0. The van der Waals surface area contributed by atoms with Crippen molar-refractivity contribution < 1.29 is 9.90 Å². The lowest BCUT2D eigenvalue weighted by atomic mass is 9.67. The van der Waals surface area contributed by atoms with Crippen LogP contribution in [0.15, 0.2) is 61.2 Å². The molecule has 0 aromatic heterocycles. The summed E-state index contributed by atoms with van der Waals surface area (Å²) in [6, 6.07) is 15.3. The molecule has 4 rings (SSSR count). The van der Waals surface area contributed by atoms with Crippen LogP contribution in [0.4, 0.5) is 0 Å². The van der Waals surface area contributed by atoms with Crippen LogP contribution in [0.1, 0.15) is 55.7 Å². The molecule has 5 heteroatoms. The number of rotatable bonds is 7. The molecule has 0 bridgehead atoms. The number of amides is 1. The molecular weight excluding hydrogens is 429 g/mol. The zero-order valence-corrected chi connectivity index (χ0v) is 19.3. The van der Waals surface area contributed by atoms with Crippen molar-refractivity contribution in [3.8, 4) is 0 Å². The highest BCUT2D eigenvalue weighted by molar-refractivity contribution is 6.30. The molecule has 2 aromatic carbocycles. The van der Waals surface area contributed by atoms with Gasteiger partial charge < -0.3 is 10.0 Å². The second-order valence-corrected chi connectivity index (χ2v) is 10.1. The van der Waals surface area contributed by atoms with Crippen molar-refractivity contribution in [2.45, 2.75) is 50.6 Å². The van der Waals surface area contributed by atoms with Gasteiger partial charge in [-0.3, -0.25) is 4.79 Å². The van der Waals surface area contributed by atoms with E-state index in [1.807, 2.05) is 60.4 Å². The number of carbonyl (C=O) groups is 1. The molecule has 1 heterocycles. The number of halogens is 2. The Labute approximate surface area is 194 Å². The van der Waals surface area contributed by atoms with Crippen LogP contribution in [0.25, 0.3) is 0 Å². The Kier molecular flexibility index (Phi) is 6.48. The normalized spacial score (nSPS) is 27.2. The van der Waals surface area contributed by atoms with Crippen LogP contribution in [-0.2, 0) is 4.79 Å². The average molecular weight is 458 g/mol. The van der Waals surface area contributed by atoms with Crippen molar-refractivity contribution in [2.24, 2.45) is 11.3 Å². The third-order valence-electron chi connectivity index (χ3n) is 6.90. The van der Waals surface area contributed by atoms with Gasteiger partial charge in [-0.05, 0) is 67.0 Å². The van der Waals surface area contributed by atoms with Crippen LogP contribution in [0.2, 0.25) is 10.0 Å². The minimum absolute atomic E-state index is 0.0348. The number of nitrogens with zero attached hydrogens (tertiary/aromatic N) is 1. The van der Waals surface area contributed by atoms with Crippen molar-refractivity contribution in [3.63, 3.8) is 0 Å². The molecule has 164 valence electrons. The van der Waals surface area contributed by atoms with Gasteiger partial charge >= 0.3 is 0 Å². The van der Waals surface area contributed by atoms with E-state index in [-0.39, 0.29) is 30.5 Å². The number of aliphatic hydroxyl groups excluding tert-OH is 1. The van der Waals surface area contributed by atoms with Crippen LogP contribution in [0.5, 0.6) is 0 Å². The fraction of sp³-hybridized carbons (Fsp3) is 0.423. The summed E-state index contributed by atoms with van der Waals surface area (Å²) in [4.78, 5) is 16.0. The zero-order valence-electron chi connectivity index (χ0n) is 17.8. The fourth-order valence-electron chi connectivity index (χ4n) is 5.20. The van der Waals surface area contributed by atoms with E-state index in [0.29, 0.717) is 28.8 Å². The van der Waals surface area contributed by atoms with Crippen molar-refractivity contribution in [2.75, 3.05) is 6.61 Å². The van der Waals surface area contributed by atoms with E-state index in [9.17, 15) is 9.90 Å². The number of aliphatic hydroxyl groups is 1. The first-order valence-electron chi connectivity index (χ1n) is 10.9. The molecule has 2 aromatic rings. The summed E-state index contributed by atoms with van der Waals surface area (Å²) in [6.45, 7) is 5.91. The maximum absolute atomic E-state index is 14.0. The number of likely N-dealkylation sites (tertiary alicyclic amines) is 1. The Morgan fingerprint density at radius 3 is 2.45 bits per heavy atom. The highest BCUT2D eigenvalue weighted by atomic mass is 35.5. The van der Waals surface area contributed by atoms with Crippen molar-refractivity contribution >= 4 is 29.1 Å². The highest BCUT2D eigenvalue weighted by Gasteiger charge is 2.53. The molecule has 3 nitrogen and oxygen atoms in total. The van der Waals surface area contributed by atoms with Crippen LogP contribution in [0, 0.1) is 11.3 Å². The van der Waals surface area contributed by atoms with Crippen LogP contribution in [-0.4, -0.2) is 28.6 Å². The predicted molar refractivity (Wildman–Crippen MR) is 126 cm³/mol. The minimum atomic E-state index is -0.583. The van der Waals surface area contributed by atoms with Gasteiger partial charge in [0.15, 0.2) is 0 Å². The molecule has 1 aliphatic heterocycles. The molecule has 0 spiro atoms. The molecule has 1 saturated carbocycles. The number of hydrogen-bond acceptors (Lipinski definition) is 2. The first kappa shape index (κ1) is 22.4. The lowest BCUT2D eigenvalue weighted by Crippen LogP contribution is -2.57. The van der Waals surface area contributed by atoms with Gasteiger partial charge in [0.1, 0.15) is 0 Å². The first-order valence-corrected chi connectivity index (χ1v) is 11.7. The maximum Gasteiger partial charge on any atom is 0.229 e. The summed E-state index contributed by atoms with van der Waals surface area (Å²) in [5.74, 6) is 0.474. The molecule has 1 N–H and O–H groups in total. The van der Waals surface area contributed by atoms with Gasteiger partial charge in [0.25, 0.3) is 0 Å². The molecule has 0 radical (unpaired) electrons. The van der Waals surface area contributed by atoms with Gasteiger partial charge in [0, 0.05) is 16.0 Å². The largest absolute Gasteiger partial charge is 0.394 e. The topological polar surface area (TPSA) is 40.5 Å². The first-order chi connectivity index (χ1) is 14.9. The van der Waals surface area contributed by atoms with E-state index in [1.54, 1.807) is 0 Å². The van der Waals surface area contributed by atoms with Gasteiger partial charge in [0.05, 0.1) is 24.1 Å². The second kappa shape index (κ2) is 8.97.